The lowest BCUT2D eigenvalue weighted by molar-refractivity contribution is -0.136. The van der Waals surface area contributed by atoms with Crippen molar-refractivity contribution in [2.24, 2.45) is 0 Å². The zero-order valence-corrected chi connectivity index (χ0v) is 18.9. The molecule has 3 aromatic rings. The van der Waals surface area contributed by atoms with Crippen molar-refractivity contribution in [3.63, 3.8) is 0 Å². The molecule has 8 heteroatoms. The van der Waals surface area contributed by atoms with Crippen LogP contribution in [0.4, 0.5) is 5.69 Å². The van der Waals surface area contributed by atoms with Crippen LogP contribution in [0.15, 0.2) is 53.5 Å². The monoisotopic (exact) mass is 448 g/mol. The molecule has 4 rings (SSSR count). The number of fused-ring (bicyclic) bond motifs is 1. The van der Waals surface area contributed by atoms with Gasteiger partial charge in [-0.3, -0.25) is 19.0 Å². The number of carbonyl (C=O) groups excluding carboxylic acids is 2. The molecular weight excluding hydrogens is 420 g/mol. The van der Waals surface area contributed by atoms with Crippen LogP contribution in [0.5, 0.6) is 0 Å². The second-order valence-electron chi connectivity index (χ2n) is 8.38. The van der Waals surface area contributed by atoms with Gasteiger partial charge in [0.2, 0.25) is 11.8 Å². The summed E-state index contributed by atoms with van der Waals surface area (Å²) in [6, 6.07) is 12.9. The minimum absolute atomic E-state index is 0.117. The number of benzene rings is 2. The molecule has 2 heterocycles. The first-order chi connectivity index (χ1) is 15.9. The van der Waals surface area contributed by atoms with Crippen LogP contribution in [0.1, 0.15) is 24.0 Å². The van der Waals surface area contributed by atoms with E-state index in [0.29, 0.717) is 24.2 Å². The molecule has 0 saturated carbocycles. The van der Waals surface area contributed by atoms with Crippen molar-refractivity contribution < 1.29 is 14.3 Å². The Labute approximate surface area is 192 Å². The van der Waals surface area contributed by atoms with Gasteiger partial charge in [-0.2, -0.15) is 0 Å². The summed E-state index contributed by atoms with van der Waals surface area (Å²) < 4.78 is 7.11. The molecule has 2 amide bonds. The van der Waals surface area contributed by atoms with Crippen LogP contribution in [0, 0.1) is 13.8 Å². The highest BCUT2D eigenvalue weighted by Gasteiger charge is 2.25. The van der Waals surface area contributed by atoms with Crippen molar-refractivity contribution in [3.8, 4) is 0 Å². The number of nitrogens with zero attached hydrogens (tertiary/aromatic N) is 3. The van der Waals surface area contributed by atoms with E-state index in [2.05, 4.69) is 10.3 Å². The molecule has 1 aromatic heterocycles. The largest absolute Gasteiger partial charge is 0.376 e. The number of amides is 2. The first-order valence-electron chi connectivity index (χ1n) is 11.1. The average molecular weight is 449 g/mol. The Kier molecular flexibility index (Phi) is 6.84. The van der Waals surface area contributed by atoms with Crippen LogP contribution >= 0.6 is 0 Å². The van der Waals surface area contributed by atoms with E-state index in [0.717, 1.165) is 29.7 Å². The van der Waals surface area contributed by atoms with Crippen LogP contribution in [-0.4, -0.2) is 52.1 Å². The van der Waals surface area contributed by atoms with Crippen molar-refractivity contribution >= 4 is 28.5 Å². The summed E-state index contributed by atoms with van der Waals surface area (Å²) in [5.74, 6) is -0.609. The standard InChI is InChI=1S/C25H28N4O4/c1-17-7-5-10-20(18(17)2)27-23(30)15-28(14-19-8-6-12-33-19)25(32)16-29-22-11-4-3-9-21(22)26-13-24(29)31/h3-5,7,9-11,13,19H,6,8,12,14-16H2,1-2H3,(H,27,30). The summed E-state index contributed by atoms with van der Waals surface area (Å²) in [5.41, 5.74) is 3.63. The molecule has 172 valence electrons. The lowest BCUT2D eigenvalue weighted by atomic mass is 10.1. The topological polar surface area (TPSA) is 93.5 Å². The molecule has 0 radical (unpaired) electrons. The fourth-order valence-electron chi connectivity index (χ4n) is 4.05. The Bertz CT molecular complexity index is 1230. The maximum Gasteiger partial charge on any atom is 0.269 e. The quantitative estimate of drug-likeness (QED) is 0.600. The summed E-state index contributed by atoms with van der Waals surface area (Å²) in [4.78, 5) is 44.3. The molecule has 1 atom stereocenters. The van der Waals surface area contributed by atoms with E-state index in [4.69, 9.17) is 4.74 Å². The van der Waals surface area contributed by atoms with Gasteiger partial charge in [0.25, 0.3) is 5.56 Å². The van der Waals surface area contributed by atoms with Crippen molar-refractivity contribution in [3.05, 3.63) is 70.1 Å². The molecule has 1 aliphatic heterocycles. The van der Waals surface area contributed by atoms with Gasteiger partial charge in [-0.1, -0.05) is 24.3 Å². The van der Waals surface area contributed by atoms with E-state index in [-0.39, 0.29) is 36.6 Å². The van der Waals surface area contributed by atoms with Gasteiger partial charge in [-0.05, 0) is 56.0 Å². The third kappa shape index (κ3) is 5.28. The first-order valence-corrected chi connectivity index (χ1v) is 11.1. The molecule has 1 aliphatic rings. The number of aryl methyl sites for hydroxylation is 1. The SMILES string of the molecule is Cc1cccc(NC(=O)CN(CC2CCCO2)C(=O)Cn2c(=O)cnc3ccccc32)c1C. The highest BCUT2D eigenvalue weighted by Crippen LogP contribution is 2.19. The van der Waals surface area contributed by atoms with Gasteiger partial charge in [0, 0.05) is 18.8 Å². The van der Waals surface area contributed by atoms with Crippen LogP contribution in [0.2, 0.25) is 0 Å². The zero-order chi connectivity index (χ0) is 23.4. The Morgan fingerprint density at radius 1 is 1.18 bits per heavy atom. The number of hydrogen-bond donors (Lipinski definition) is 1. The van der Waals surface area contributed by atoms with E-state index in [9.17, 15) is 14.4 Å². The second-order valence-corrected chi connectivity index (χ2v) is 8.38. The van der Waals surface area contributed by atoms with E-state index in [1.54, 1.807) is 18.2 Å². The predicted molar refractivity (Wildman–Crippen MR) is 126 cm³/mol. The minimum Gasteiger partial charge on any atom is -0.376 e. The fraction of sp³-hybridized carbons (Fsp3) is 0.360. The highest BCUT2D eigenvalue weighted by atomic mass is 16.5. The molecule has 1 unspecified atom stereocenters. The fourth-order valence-corrected chi connectivity index (χ4v) is 4.05. The highest BCUT2D eigenvalue weighted by molar-refractivity contribution is 5.95. The Hall–Kier alpha value is -3.52. The Morgan fingerprint density at radius 3 is 2.79 bits per heavy atom. The molecule has 2 aromatic carbocycles. The van der Waals surface area contributed by atoms with Crippen LogP contribution in [0.3, 0.4) is 0 Å². The first kappa shape index (κ1) is 22.7. The molecule has 1 fully saturated rings. The molecule has 1 saturated heterocycles. The number of aromatic nitrogens is 2. The van der Waals surface area contributed by atoms with E-state index < -0.39 is 0 Å². The maximum atomic E-state index is 13.3. The molecule has 0 aliphatic carbocycles. The lowest BCUT2D eigenvalue weighted by Crippen LogP contribution is -2.44. The van der Waals surface area contributed by atoms with Gasteiger partial charge in [-0.25, -0.2) is 4.98 Å². The molecule has 0 spiro atoms. The van der Waals surface area contributed by atoms with E-state index >= 15 is 0 Å². The van der Waals surface area contributed by atoms with Crippen molar-refractivity contribution in [1.29, 1.82) is 0 Å². The van der Waals surface area contributed by atoms with E-state index in [1.807, 2.05) is 38.1 Å². The Balaban J connectivity index is 1.54. The van der Waals surface area contributed by atoms with Gasteiger partial charge in [-0.15, -0.1) is 0 Å². The lowest BCUT2D eigenvalue weighted by Gasteiger charge is -2.26. The van der Waals surface area contributed by atoms with Gasteiger partial charge in [0.15, 0.2) is 0 Å². The van der Waals surface area contributed by atoms with Gasteiger partial charge in [0.1, 0.15) is 13.1 Å². The summed E-state index contributed by atoms with van der Waals surface area (Å²) in [6.07, 6.45) is 2.86. The van der Waals surface area contributed by atoms with Gasteiger partial charge >= 0.3 is 0 Å². The van der Waals surface area contributed by atoms with Gasteiger partial charge in [0.05, 0.1) is 23.3 Å². The second kappa shape index (κ2) is 9.95. The number of para-hydroxylation sites is 2. The number of hydrogen-bond acceptors (Lipinski definition) is 5. The van der Waals surface area contributed by atoms with Gasteiger partial charge < -0.3 is 15.0 Å². The number of anilines is 1. The summed E-state index contributed by atoms with van der Waals surface area (Å²) in [7, 11) is 0. The minimum atomic E-state index is -0.362. The number of carbonyl (C=O) groups is 2. The number of rotatable bonds is 7. The summed E-state index contributed by atoms with van der Waals surface area (Å²) in [5, 5.41) is 2.91. The molecule has 1 N–H and O–H groups in total. The van der Waals surface area contributed by atoms with Crippen LogP contribution in [-0.2, 0) is 20.9 Å². The normalized spacial score (nSPS) is 15.5. The predicted octanol–water partition coefficient (Wildman–Crippen LogP) is 2.66. The Morgan fingerprint density at radius 2 is 2.00 bits per heavy atom. The third-order valence-corrected chi connectivity index (χ3v) is 6.06. The zero-order valence-electron chi connectivity index (χ0n) is 18.9. The summed E-state index contributed by atoms with van der Waals surface area (Å²) >= 11 is 0. The van der Waals surface area contributed by atoms with Crippen molar-refractivity contribution in [2.45, 2.75) is 39.3 Å². The van der Waals surface area contributed by atoms with Crippen LogP contribution < -0.4 is 10.9 Å². The molecule has 33 heavy (non-hydrogen) atoms. The maximum absolute atomic E-state index is 13.3. The third-order valence-electron chi connectivity index (χ3n) is 6.06. The molecule has 0 bridgehead atoms. The molecule has 8 nitrogen and oxygen atoms in total. The smallest absolute Gasteiger partial charge is 0.269 e. The molecular formula is C25H28N4O4. The van der Waals surface area contributed by atoms with Crippen LogP contribution in [0.25, 0.3) is 11.0 Å². The number of nitrogens with one attached hydrogen (secondary N) is 1. The van der Waals surface area contributed by atoms with E-state index in [1.165, 1.54) is 15.7 Å². The van der Waals surface area contributed by atoms with Crippen molar-refractivity contribution in [1.82, 2.24) is 14.5 Å². The summed E-state index contributed by atoms with van der Waals surface area (Å²) in [6.45, 7) is 4.58. The number of ether oxygens (including phenoxy) is 1. The van der Waals surface area contributed by atoms with Crippen molar-refractivity contribution in [2.75, 3.05) is 25.0 Å². The average Bonchev–Trinajstić information content (AvgIpc) is 3.31.